The Bertz CT molecular complexity index is 376. The van der Waals surface area contributed by atoms with Crippen LogP contribution in [0.4, 0.5) is 0 Å². The second-order valence-corrected chi connectivity index (χ2v) is 5.04. The van der Waals surface area contributed by atoms with Crippen LogP contribution in [0.5, 0.6) is 5.75 Å². The first-order valence-corrected chi connectivity index (χ1v) is 6.60. The summed E-state index contributed by atoms with van der Waals surface area (Å²) in [5.74, 6) is 1.02. The van der Waals surface area contributed by atoms with Crippen molar-refractivity contribution in [1.29, 1.82) is 0 Å². The molecule has 1 amide bonds. The highest BCUT2D eigenvalue weighted by atomic mass is 35.5. The third kappa shape index (κ3) is 4.96. The molecule has 0 heterocycles. The zero-order chi connectivity index (χ0) is 13.5. The summed E-state index contributed by atoms with van der Waals surface area (Å²) in [6, 6.07) is 7.02. The van der Waals surface area contributed by atoms with E-state index in [-0.39, 0.29) is 5.91 Å². The van der Waals surface area contributed by atoms with Gasteiger partial charge in [-0.15, -0.1) is 0 Å². The normalized spacial score (nSPS) is 12.3. The minimum absolute atomic E-state index is 0.0684. The minimum atomic E-state index is -0.454. The van der Waals surface area contributed by atoms with Crippen LogP contribution in [-0.4, -0.2) is 18.6 Å². The molecule has 0 aliphatic heterocycles. The van der Waals surface area contributed by atoms with Gasteiger partial charge in [0, 0.05) is 11.6 Å². The van der Waals surface area contributed by atoms with Gasteiger partial charge in [-0.2, -0.15) is 0 Å². The molecule has 1 aromatic carbocycles. The van der Waals surface area contributed by atoms with E-state index < -0.39 is 6.10 Å². The van der Waals surface area contributed by atoms with Crippen molar-refractivity contribution in [1.82, 2.24) is 5.32 Å². The van der Waals surface area contributed by atoms with Gasteiger partial charge < -0.3 is 10.1 Å². The van der Waals surface area contributed by atoms with E-state index in [1.807, 2.05) is 6.92 Å². The third-order valence-electron chi connectivity index (χ3n) is 2.44. The number of hydrogen-bond donors (Lipinski definition) is 1. The Morgan fingerprint density at radius 1 is 1.33 bits per heavy atom. The maximum Gasteiger partial charge on any atom is 0.261 e. The number of hydrogen-bond acceptors (Lipinski definition) is 2. The number of rotatable bonds is 6. The molecule has 0 saturated heterocycles. The highest BCUT2D eigenvalue weighted by Gasteiger charge is 2.18. The van der Waals surface area contributed by atoms with Gasteiger partial charge in [0.2, 0.25) is 0 Å². The van der Waals surface area contributed by atoms with Crippen molar-refractivity contribution in [2.45, 2.75) is 33.3 Å². The summed E-state index contributed by atoms with van der Waals surface area (Å²) in [4.78, 5) is 11.9. The van der Waals surface area contributed by atoms with Crippen molar-refractivity contribution >= 4 is 17.5 Å². The Hall–Kier alpha value is -1.22. The van der Waals surface area contributed by atoms with E-state index in [9.17, 15) is 4.79 Å². The topological polar surface area (TPSA) is 38.3 Å². The first kappa shape index (κ1) is 14.8. The molecule has 3 nitrogen and oxygen atoms in total. The lowest BCUT2D eigenvalue weighted by molar-refractivity contribution is -0.128. The molecule has 18 heavy (non-hydrogen) atoms. The van der Waals surface area contributed by atoms with E-state index in [1.54, 1.807) is 24.3 Å². The average Bonchev–Trinajstić information content (AvgIpc) is 2.35. The van der Waals surface area contributed by atoms with E-state index >= 15 is 0 Å². The molecule has 1 rings (SSSR count). The zero-order valence-electron chi connectivity index (χ0n) is 11.1. The molecular formula is C14H20ClNO2. The molecule has 0 spiro atoms. The Kier molecular flexibility index (Phi) is 5.99. The average molecular weight is 270 g/mol. The van der Waals surface area contributed by atoms with E-state index in [0.717, 1.165) is 0 Å². The monoisotopic (exact) mass is 269 g/mol. The molecule has 0 aromatic heterocycles. The van der Waals surface area contributed by atoms with Gasteiger partial charge >= 0.3 is 0 Å². The fraction of sp³-hybridized carbons (Fsp3) is 0.500. The smallest absolute Gasteiger partial charge is 0.261 e. The number of amides is 1. The van der Waals surface area contributed by atoms with Crippen molar-refractivity contribution < 1.29 is 9.53 Å². The quantitative estimate of drug-likeness (QED) is 0.861. The SMILES string of the molecule is CCC(Oc1ccc(Cl)cc1)C(=O)NCC(C)C. The first-order valence-electron chi connectivity index (χ1n) is 6.22. The molecule has 0 fully saturated rings. The number of carbonyl (C=O) groups excluding carboxylic acids is 1. The first-order chi connectivity index (χ1) is 8.52. The van der Waals surface area contributed by atoms with E-state index in [2.05, 4.69) is 19.2 Å². The van der Waals surface area contributed by atoms with Gasteiger partial charge in [0.05, 0.1) is 0 Å². The van der Waals surface area contributed by atoms with Gasteiger partial charge in [-0.3, -0.25) is 4.79 Å². The lowest BCUT2D eigenvalue weighted by atomic mass is 10.2. The largest absolute Gasteiger partial charge is 0.481 e. The molecular weight excluding hydrogens is 250 g/mol. The van der Waals surface area contributed by atoms with Crippen molar-refractivity contribution in [3.63, 3.8) is 0 Å². The Balaban J connectivity index is 2.55. The van der Waals surface area contributed by atoms with Gasteiger partial charge in [0.25, 0.3) is 5.91 Å². The van der Waals surface area contributed by atoms with Crippen LogP contribution < -0.4 is 10.1 Å². The van der Waals surface area contributed by atoms with Crippen LogP contribution in [0.1, 0.15) is 27.2 Å². The van der Waals surface area contributed by atoms with E-state index in [4.69, 9.17) is 16.3 Å². The number of halogens is 1. The number of nitrogens with one attached hydrogen (secondary N) is 1. The van der Waals surface area contributed by atoms with Gasteiger partial charge in [0.15, 0.2) is 6.10 Å². The molecule has 4 heteroatoms. The maximum atomic E-state index is 11.9. The van der Waals surface area contributed by atoms with Gasteiger partial charge in [0.1, 0.15) is 5.75 Å². The predicted molar refractivity (Wildman–Crippen MR) is 74.0 cm³/mol. The van der Waals surface area contributed by atoms with Crippen LogP contribution >= 0.6 is 11.6 Å². The van der Waals surface area contributed by atoms with Crippen LogP contribution in [-0.2, 0) is 4.79 Å². The summed E-state index contributed by atoms with van der Waals surface area (Å²) in [6.45, 7) is 6.71. The van der Waals surface area contributed by atoms with E-state index in [1.165, 1.54) is 0 Å². The predicted octanol–water partition coefficient (Wildman–Crippen LogP) is 3.27. The summed E-state index contributed by atoms with van der Waals surface area (Å²) < 4.78 is 5.64. The lowest BCUT2D eigenvalue weighted by Crippen LogP contribution is -2.39. The molecule has 0 bridgehead atoms. The van der Waals surface area contributed by atoms with Gasteiger partial charge in [-0.25, -0.2) is 0 Å². The van der Waals surface area contributed by atoms with Crippen molar-refractivity contribution in [3.05, 3.63) is 29.3 Å². The third-order valence-corrected chi connectivity index (χ3v) is 2.69. The fourth-order valence-corrected chi connectivity index (χ4v) is 1.54. The van der Waals surface area contributed by atoms with Crippen LogP contribution in [0.25, 0.3) is 0 Å². The molecule has 1 N–H and O–H groups in total. The second-order valence-electron chi connectivity index (χ2n) is 4.61. The van der Waals surface area contributed by atoms with Gasteiger partial charge in [-0.1, -0.05) is 32.4 Å². The lowest BCUT2D eigenvalue weighted by Gasteiger charge is -2.18. The molecule has 1 aromatic rings. The Labute approximate surface area is 113 Å². The maximum absolute atomic E-state index is 11.9. The van der Waals surface area contributed by atoms with Crippen molar-refractivity contribution in [3.8, 4) is 5.75 Å². The van der Waals surface area contributed by atoms with Crippen LogP contribution in [0.2, 0.25) is 5.02 Å². The number of ether oxygens (including phenoxy) is 1. The molecule has 1 atom stereocenters. The van der Waals surface area contributed by atoms with Crippen LogP contribution in [0.3, 0.4) is 0 Å². The van der Waals surface area contributed by atoms with Crippen molar-refractivity contribution in [2.24, 2.45) is 5.92 Å². The molecule has 0 saturated carbocycles. The van der Waals surface area contributed by atoms with Gasteiger partial charge in [-0.05, 0) is 36.6 Å². The summed E-state index contributed by atoms with van der Waals surface area (Å²) >= 11 is 5.79. The van der Waals surface area contributed by atoms with E-state index in [0.29, 0.717) is 29.7 Å². The van der Waals surface area contributed by atoms with Crippen LogP contribution in [0.15, 0.2) is 24.3 Å². The number of benzene rings is 1. The van der Waals surface area contributed by atoms with Crippen molar-refractivity contribution in [2.75, 3.05) is 6.54 Å². The Morgan fingerprint density at radius 2 is 1.94 bits per heavy atom. The second kappa shape index (κ2) is 7.27. The molecule has 0 aliphatic carbocycles. The molecule has 0 radical (unpaired) electrons. The number of carbonyl (C=O) groups is 1. The summed E-state index contributed by atoms with van der Waals surface area (Å²) in [5, 5.41) is 3.53. The summed E-state index contributed by atoms with van der Waals surface area (Å²) in [6.07, 6.45) is 0.178. The summed E-state index contributed by atoms with van der Waals surface area (Å²) in [5.41, 5.74) is 0. The molecule has 100 valence electrons. The summed E-state index contributed by atoms with van der Waals surface area (Å²) in [7, 11) is 0. The minimum Gasteiger partial charge on any atom is -0.481 e. The fourth-order valence-electron chi connectivity index (χ4n) is 1.42. The highest BCUT2D eigenvalue weighted by Crippen LogP contribution is 2.17. The Morgan fingerprint density at radius 3 is 2.44 bits per heavy atom. The zero-order valence-corrected chi connectivity index (χ0v) is 11.8. The molecule has 0 aliphatic rings. The van der Waals surface area contributed by atoms with Crippen LogP contribution in [0, 0.1) is 5.92 Å². The standard InChI is InChI=1S/C14H20ClNO2/c1-4-13(14(17)16-9-10(2)3)18-12-7-5-11(15)6-8-12/h5-8,10,13H,4,9H2,1-3H3,(H,16,17). The molecule has 1 unspecified atom stereocenters. The highest BCUT2D eigenvalue weighted by molar-refractivity contribution is 6.30.